The highest BCUT2D eigenvalue weighted by molar-refractivity contribution is 7.09. The summed E-state index contributed by atoms with van der Waals surface area (Å²) in [6.07, 6.45) is 2.94. The van der Waals surface area contributed by atoms with Crippen molar-refractivity contribution in [1.82, 2.24) is 9.47 Å². The molecule has 2 heterocycles. The molecule has 3 nitrogen and oxygen atoms in total. The van der Waals surface area contributed by atoms with Crippen LogP contribution in [-0.2, 0) is 20.1 Å². The third-order valence-electron chi connectivity index (χ3n) is 3.91. The molecule has 5 heteroatoms. The minimum Gasteiger partial charge on any atom is -0.484 e. The lowest BCUT2D eigenvalue weighted by Crippen LogP contribution is -2.15. The first-order valence-electron chi connectivity index (χ1n) is 7.62. The Morgan fingerprint density at radius 1 is 1.26 bits per heavy atom. The lowest BCUT2D eigenvalue weighted by atomic mass is 10.1. The molecule has 0 atom stereocenters. The topological polar surface area (TPSA) is 17.4 Å². The lowest BCUT2D eigenvalue weighted by molar-refractivity contribution is 0.297. The fraction of sp³-hybridized carbons (Fsp3) is 0.333. The molecule has 0 aliphatic rings. The molecule has 0 aliphatic heterocycles. The smallest absolute Gasteiger partial charge is 0.165 e. The Labute approximate surface area is 139 Å². The van der Waals surface area contributed by atoms with Gasteiger partial charge in [0, 0.05) is 30.1 Å². The van der Waals surface area contributed by atoms with Crippen LogP contribution in [0.15, 0.2) is 35.8 Å². The number of benzene rings is 1. The van der Waals surface area contributed by atoms with E-state index in [1.807, 2.05) is 49.3 Å². The van der Waals surface area contributed by atoms with Crippen molar-refractivity contribution in [1.29, 1.82) is 0 Å². The molecule has 0 amide bonds. The van der Waals surface area contributed by atoms with Gasteiger partial charge in [-0.3, -0.25) is 0 Å². The summed E-state index contributed by atoms with van der Waals surface area (Å²) in [6.45, 7) is 1.32. The van der Waals surface area contributed by atoms with Crippen molar-refractivity contribution in [2.45, 2.75) is 13.0 Å². The van der Waals surface area contributed by atoms with Crippen molar-refractivity contribution in [2.75, 3.05) is 20.6 Å². The number of fused-ring (bicyclic) bond motifs is 1. The third-order valence-corrected chi connectivity index (χ3v) is 4.76. The van der Waals surface area contributed by atoms with Gasteiger partial charge in [-0.05, 0) is 49.7 Å². The molecule has 0 bridgehead atoms. The van der Waals surface area contributed by atoms with Gasteiger partial charge in [0.1, 0.15) is 6.61 Å². The van der Waals surface area contributed by atoms with Crippen LogP contribution in [-0.4, -0.2) is 30.1 Å². The largest absolute Gasteiger partial charge is 0.484 e. The SMILES string of the molecule is CN(C)CCc1cn(C)c2ccc(F)c(OCc3cccs3)c12. The Bertz CT molecular complexity index is 793. The van der Waals surface area contributed by atoms with Crippen LogP contribution in [0.4, 0.5) is 4.39 Å². The Kier molecular flexibility index (Phi) is 4.68. The summed E-state index contributed by atoms with van der Waals surface area (Å²) in [5, 5.41) is 2.90. The van der Waals surface area contributed by atoms with Gasteiger partial charge in [-0.25, -0.2) is 4.39 Å². The number of aryl methyl sites for hydroxylation is 1. The van der Waals surface area contributed by atoms with E-state index in [0.717, 1.165) is 34.3 Å². The van der Waals surface area contributed by atoms with Gasteiger partial charge in [-0.2, -0.15) is 0 Å². The van der Waals surface area contributed by atoms with Crippen LogP contribution in [0.1, 0.15) is 10.4 Å². The molecule has 23 heavy (non-hydrogen) atoms. The Morgan fingerprint density at radius 3 is 2.78 bits per heavy atom. The summed E-state index contributed by atoms with van der Waals surface area (Å²) in [7, 11) is 6.07. The van der Waals surface area contributed by atoms with Crippen LogP contribution < -0.4 is 4.74 Å². The second-order valence-corrected chi connectivity index (χ2v) is 6.99. The van der Waals surface area contributed by atoms with Crippen LogP contribution in [0.5, 0.6) is 5.75 Å². The molecule has 122 valence electrons. The number of likely N-dealkylation sites (N-methyl/N-ethyl adjacent to an activating group) is 1. The first kappa shape index (κ1) is 16.0. The monoisotopic (exact) mass is 332 g/mol. The predicted octanol–water partition coefficient (Wildman–Crippen LogP) is 4.06. The molecule has 3 rings (SSSR count). The van der Waals surface area contributed by atoms with Gasteiger partial charge in [0.15, 0.2) is 11.6 Å². The van der Waals surface area contributed by atoms with Crippen molar-refractivity contribution in [3.8, 4) is 5.75 Å². The van der Waals surface area contributed by atoms with Crippen molar-refractivity contribution in [3.63, 3.8) is 0 Å². The average Bonchev–Trinajstić information content (AvgIpc) is 3.12. The zero-order chi connectivity index (χ0) is 16.4. The Hall–Kier alpha value is -1.85. The molecule has 0 saturated heterocycles. The maximum Gasteiger partial charge on any atom is 0.165 e. The quantitative estimate of drug-likeness (QED) is 0.677. The number of rotatable bonds is 6. The summed E-state index contributed by atoms with van der Waals surface area (Å²) in [4.78, 5) is 3.22. The van der Waals surface area contributed by atoms with E-state index in [2.05, 4.69) is 11.1 Å². The van der Waals surface area contributed by atoms with Gasteiger partial charge in [0.2, 0.25) is 0 Å². The molecule has 3 aromatic rings. The van der Waals surface area contributed by atoms with E-state index in [1.54, 1.807) is 11.3 Å². The van der Waals surface area contributed by atoms with E-state index in [9.17, 15) is 4.39 Å². The average molecular weight is 332 g/mol. The Balaban J connectivity index is 1.98. The van der Waals surface area contributed by atoms with Gasteiger partial charge < -0.3 is 14.2 Å². The van der Waals surface area contributed by atoms with Gasteiger partial charge >= 0.3 is 0 Å². The van der Waals surface area contributed by atoms with Crippen molar-refractivity contribution in [2.24, 2.45) is 7.05 Å². The normalized spacial score (nSPS) is 11.5. The second kappa shape index (κ2) is 6.72. The summed E-state index contributed by atoms with van der Waals surface area (Å²) < 4.78 is 22.3. The number of nitrogens with zero attached hydrogens (tertiary/aromatic N) is 2. The van der Waals surface area contributed by atoms with E-state index in [0.29, 0.717) is 12.4 Å². The van der Waals surface area contributed by atoms with Gasteiger partial charge in [-0.15, -0.1) is 11.3 Å². The predicted molar refractivity (Wildman–Crippen MR) is 93.8 cm³/mol. The van der Waals surface area contributed by atoms with Crippen LogP contribution >= 0.6 is 11.3 Å². The molecule has 0 aliphatic carbocycles. The number of aromatic nitrogens is 1. The van der Waals surface area contributed by atoms with Crippen molar-refractivity contribution in [3.05, 3.63) is 52.1 Å². The minimum absolute atomic E-state index is 0.300. The molecule has 0 saturated carbocycles. The minimum atomic E-state index is -0.300. The maximum atomic E-state index is 14.4. The van der Waals surface area contributed by atoms with Gasteiger partial charge in [0.05, 0.1) is 5.52 Å². The van der Waals surface area contributed by atoms with Crippen LogP contribution in [0.25, 0.3) is 10.9 Å². The summed E-state index contributed by atoms with van der Waals surface area (Å²) in [5.74, 6) is 0.0663. The highest BCUT2D eigenvalue weighted by Gasteiger charge is 2.16. The number of hydrogen-bond donors (Lipinski definition) is 0. The standard InChI is InChI=1S/C18H21FN2OS/c1-20(2)9-8-13-11-21(3)16-7-6-15(19)18(17(13)16)22-12-14-5-4-10-23-14/h4-7,10-11H,8-9,12H2,1-3H3. The molecule has 2 aromatic heterocycles. The first-order valence-corrected chi connectivity index (χ1v) is 8.50. The van der Waals surface area contributed by atoms with E-state index in [-0.39, 0.29) is 5.82 Å². The van der Waals surface area contributed by atoms with Crippen molar-refractivity contribution < 1.29 is 9.13 Å². The van der Waals surface area contributed by atoms with E-state index in [4.69, 9.17) is 4.74 Å². The fourth-order valence-corrected chi connectivity index (χ4v) is 3.35. The number of thiophene rings is 1. The molecule has 0 N–H and O–H groups in total. The van der Waals surface area contributed by atoms with Crippen molar-refractivity contribution >= 4 is 22.2 Å². The van der Waals surface area contributed by atoms with Gasteiger partial charge in [-0.1, -0.05) is 6.07 Å². The van der Waals surface area contributed by atoms with E-state index >= 15 is 0 Å². The maximum absolute atomic E-state index is 14.4. The highest BCUT2D eigenvalue weighted by atomic mass is 32.1. The van der Waals surface area contributed by atoms with Crippen LogP contribution in [0.3, 0.4) is 0 Å². The molecule has 0 fully saturated rings. The van der Waals surface area contributed by atoms with E-state index < -0.39 is 0 Å². The first-order chi connectivity index (χ1) is 11.1. The Morgan fingerprint density at radius 2 is 2.09 bits per heavy atom. The zero-order valence-corrected chi connectivity index (χ0v) is 14.5. The summed E-state index contributed by atoms with van der Waals surface area (Å²) in [6, 6.07) is 7.29. The van der Waals surface area contributed by atoms with Crippen LogP contribution in [0.2, 0.25) is 0 Å². The fourth-order valence-electron chi connectivity index (χ4n) is 2.73. The number of halogens is 1. The lowest BCUT2D eigenvalue weighted by Gasteiger charge is -2.11. The molecule has 1 aromatic carbocycles. The molecular weight excluding hydrogens is 311 g/mol. The molecule has 0 spiro atoms. The van der Waals surface area contributed by atoms with Gasteiger partial charge in [0.25, 0.3) is 0 Å². The molecular formula is C18H21FN2OS. The summed E-state index contributed by atoms with van der Waals surface area (Å²) >= 11 is 1.62. The summed E-state index contributed by atoms with van der Waals surface area (Å²) in [5.41, 5.74) is 2.12. The number of ether oxygens (including phenoxy) is 1. The van der Waals surface area contributed by atoms with E-state index in [1.165, 1.54) is 6.07 Å². The van der Waals surface area contributed by atoms with Crippen LogP contribution in [0, 0.1) is 5.82 Å². The zero-order valence-electron chi connectivity index (χ0n) is 13.7. The molecule has 0 unspecified atom stereocenters. The number of hydrogen-bond acceptors (Lipinski definition) is 3. The molecule has 0 radical (unpaired) electrons. The highest BCUT2D eigenvalue weighted by Crippen LogP contribution is 2.34. The third kappa shape index (κ3) is 3.41. The second-order valence-electron chi connectivity index (χ2n) is 5.96.